The van der Waals surface area contributed by atoms with Gasteiger partial charge in [0.2, 0.25) is 0 Å². The number of hydrogen-bond acceptors (Lipinski definition) is 2. The highest BCUT2D eigenvalue weighted by Gasteiger charge is 2.27. The Morgan fingerprint density at radius 1 is 1.24 bits per heavy atom. The molecule has 0 N–H and O–H groups in total. The van der Waals surface area contributed by atoms with E-state index in [1.54, 1.807) is 24.3 Å². The van der Waals surface area contributed by atoms with E-state index in [-0.39, 0.29) is 29.6 Å². The van der Waals surface area contributed by atoms with Gasteiger partial charge in [-0.3, -0.25) is 4.79 Å². The van der Waals surface area contributed by atoms with E-state index in [1.165, 1.54) is 17.0 Å². The van der Waals surface area contributed by atoms with Crippen molar-refractivity contribution in [3.05, 3.63) is 57.8 Å². The topological polar surface area (TPSA) is 29.5 Å². The Morgan fingerprint density at radius 3 is 2.81 bits per heavy atom. The Labute approximate surface area is 130 Å². The molecule has 108 valence electrons. The van der Waals surface area contributed by atoms with E-state index in [0.29, 0.717) is 16.5 Å². The monoisotopic (exact) mass is 325 g/mol. The quantitative estimate of drug-likeness (QED) is 0.833. The molecule has 6 heteroatoms. The van der Waals surface area contributed by atoms with Crippen LogP contribution in [0.15, 0.2) is 36.4 Å². The van der Waals surface area contributed by atoms with Crippen LogP contribution in [0.25, 0.3) is 0 Å². The molecule has 0 radical (unpaired) electrons. The van der Waals surface area contributed by atoms with E-state index >= 15 is 0 Å². The molecule has 1 aliphatic rings. The van der Waals surface area contributed by atoms with Crippen molar-refractivity contribution in [2.75, 3.05) is 11.5 Å². The van der Waals surface area contributed by atoms with Gasteiger partial charge in [0.05, 0.1) is 12.2 Å². The maximum atomic E-state index is 13.9. The lowest BCUT2D eigenvalue weighted by Crippen LogP contribution is -2.38. The van der Waals surface area contributed by atoms with Crippen molar-refractivity contribution in [3.8, 4) is 5.75 Å². The Balaban J connectivity index is 2.03. The SMILES string of the molecule is O=C1COc2ccc(Cl)cc2N1Cc1c(F)cccc1Cl. The van der Waals surface area contributed by atoms with Crippen molar-refractivity contribution in [2.45, 2.75) is 6.54 Å². The smallest absolute Gasteiger partial charge is 0.265 e. The standard InChI is InChI=1S/C15H10Cl2FNO2/c16-9-4-5-14-13(6-9)19(15(20)8-21-14)7-10-11(17)2-1-3-12(10)18/h1-6H,7-8H2. The number of rotatable bonds is 2. The van der Waals surface area contributed by atoms with Crippen LogP contribution in [0.5, 0.6) is 5.75 Å². The number of nitrogens with zero attached hydrogens (tertiary/aromatic N) is 1. The summed E-state index contributed by atoms with van der Waals surface area (Å²) in [6.07, 6.45) is 0. The van der Waals surface area contributed by atoms with Crippen LogP contribution >= 0.6 is 23.2 Å². The van der Waals surface area contributed by atoms with Crippen LogP contribution in [0.4, 0.5) is 10.1 Å². The molecule has 0 spiro atoms. The molecule has 3 nitrogen and oxygen atoms in total. The fraction of sp³-hybridized carbons (Fsp3) is 0.133. The molecule has 0 fully saturated rings. The molecule has 0 bridgehead atoms. The third kappa shape index (κ3) is 2.69. The maximum absolute atomic E-state index is 13.9. The third-order valence-corrected chi connectivity index (χ3v) is 3.83. The molecule has 0 unspecified atom stereocenters. The summed E-state index contributed by atoms with van der Waals surface area (Å²) in [7, 11) is 0. The minimum Gasteiger partial charge on any atom is -0.482 e. The summed E-state index contributed by atoms with van der Waals surface area (Å²) in [6.45, 7) is -0.0677. The van der Waals surface area contributed by atoms with E-state index in [2.05, 4.69) is 0 Å². The average molecular weight is 326 g/mol. The second kappa shape index (κ2) is 5.54. The molecule has 1 heterocycles. The van der Waals surface area contributed by atoms with Gasteiger partial charge in [0, 0.05) is 15.6 Å². The lowest BCUT2D eigenvalue weighted by Gasteiger charge is -2.29. The second-order valence-electron chi connectivity index (χ2n) is 4.58. The van der Waals surface area contributed by atoms with Gasteiger partial charge in [0.25, 0.3) is 5.91 Å². The number of carbonyl (C=O) groups is 1. The molecule has 1 aliphatic heterocycles. The average Bonchev–Trinajstić information content (AvgIpc) is 2.45. The van der Waals surface area contributed by atoms with Crippen LogP contribution in [0.2, 0.25) is 10.0 Å². The van der Waals surface area contributed by atoms with Crippen LogP contribution < -0.4 is 9.64 Å². The molecule has 21 heavy (non-hydrogen) atoms. The molecule has 0 aromatic heterocycles. The van der Waals surface area contributed by atoms with Gasteiger partial charge in [0.1, 0.15) is 11.6 Å². The van der Waals surface area contributed by atoms with Gasteiger partial charge in [-0.25, -0.2) is 4.39 Å². The molecule has 3 rings (SSSR count). The molecular weight excluding hydrogens is 316 g/mol. The highest BCUT2D eigenvalue weighted by atomic mass is 35.5. The Morgan fingerprint density at radius 2 is 2.05 bits per heavy atom. The second-order valence-corrected chi connectivity index (χ2v) is 5.42. The number of amides is 1. The summed E-state index contributed by atoms with van der Waals surface area (Å²) < 4.78 is 19.3. The van der Waals surface area contributed by atoms with Gasteiger partial charge in [-0.05, 0) is 30.3 Å². The zero-order valence-corrected chi connectivity index (χ0v) is 12.3. The van der Waals surface area contributed by atoms with Gasteiger partial charge in [-0.2, -0.15) is 0 Å². The van der Waals surface area contributed by atoms with Gasteiger partial charge in [-0.1, -0.05) is 29.3 Å². The summed E-state index contributed by atoms with van der Waals surface area (Å²) in [4.78, 5) is 13.5. The molecule has 0 atom stereocenters. The Bertz CT molecular complexity index is 701. The predicted molar refractivity (Wildman–Crippen MR) is 79.5 cm³/mol. The summed E-state index contributed by atoms with van der Waals surface area (Å²) in [5.74, 6) is -0.194. The van der Waals surface area contributed by atoms with Gasteiger partial charge in [0.15, 0.2) is 6.61 Å². The van der Waals surface area contributed by atoms with Crippen molar-refractivity contribution in [2.24, 2.45) is 0 Å². The normalized spacial score (nSPS) is 13.9. The molecule has 0 saturated carbocycles. The van der Waals surface area contributed by atoms with E-state index in [9.17, 15) is 9.18 Å². The highest BCUT2D eigenvalue weighted by Crippen LogP contribution is 2.36. The first kappa shape index (κ1) is 14.2. The summed E-state index contributed by atoms with van der Waals surface area (Å²) >= 11 is 12.0. The van der Waals surface area contributed by atoms with Crippen molar-refractivity contribution in [1.29, 1.82) is 0 Å². The molecule has 2 aromatic carbocycles. The van der Waals surface area contributed by atoms with Crippen molar-refractivity contribution in [1.82, 2.24) is 0 Å². The largest absolute Gasteiger partial charge is 0.482 e. The lowest BCUT2D eigenvalue weighted by atomic mass is 10.1. The Kier molecular flexibility index (Phi) is 3.74. The van der Waals surface area contributed by atoms with Crippen LogP contribution in [0, 0.1) is 5.82 Å². The van der Waals surface area contributed by atoms with Crippen LogP contribution in [-0.4, -0.2) is 12.5 Å². The first-order valence-electron chi connectivity index (χ1n) is 6.22. The van der Waals surface area contributed by atoms with Crippen LogP contribution in [0.1, 0.15) is 5.56 Å². The number of benzene rings is 2. The van der Waals surface area contributed by atoms with Gasteiger partial charge < -0.3 is 9.64 Å². The minimum atomic E-state index is -0.453. The van der Waals surface area contributed by atoms with Crippen molar-refractivity contribution >= 4 is 34.8 Å². The number of ether oxygens (including phenoxy) is 1. The van der Waals surface area contributed by atoms with Gasteiger partial charge in [-0.15, -0.1) is 0 Å². The number of carbonyl (C=O) groups excluding carboxylic acids is 1. The number of anilines is 1. The fourth-order valence-corrected chi connectivity index (χ4v) is 2.58. The van der Waals surface area contributed by atoms with Crippen LogP contribution in [0.3, 0.4) is 0 Å². The number of halogens is 3. The molecule has 0 saturated heterocycles. The summed E-state index contributed by atoms with van der Waals surface area (Å²) in [5.41, 5.74) is 0.776. The summed E-state index contributed by atoms with van der Waals surface area (Å²) in [6, 6.07) is 9.38. The predicted octanol–water partition coefficient (Wildman–Crippen LogP) is 4.06. The van der Waals surface area contributed by atoms with Crippen LogP contribution in [-0.2, 0) is 11.3 Å². The molecule has 2 aromatic rings. The number of fused-ring (bicyclic) bond motifs is 1. The zero-order valence-electron chi connectivity index (χ0n) is 10.8. The molecule has 1 amide bonds. The molecule has 0 aliphatic carbocycles. The number of hydrogen-bond donors (Lipinski definition) is 0. The van der Waals surface area contributed by atoms with E-state index in [0.717, 1.165) is 0 Å². The fourth-order valence-electron chi connectivity index (χ4n) is 2.19. The van der Waals surface area contributed by atoms with Gasteiger partial charge >= 0.3 is 0 Å². The third-order valence-electron chi connectivity index (χ3n) is 3.24. The van der Waals surface area contributed by atoms with E-state index in [1.807, 2.05) is 0 Å². The first-order chi connectivity index (χ1) is 10.1. The van der Waals surface area contributed by atoms with Crippen molar-refractivity contribution < 1.29 is 13.9 Å². The molecular formula is C15H10Cl2FNO2. The maximum Gasteiger partial charge on any atom is 0.265 e. The van der Waals surface area contributed by atoms with E-state index < -0.39 is 5.82 Å². The first-order valence-corrected chi connectivity index (χ1v) is 6.97. The zero-order chi connectivity index (χ0) is 15.0. The minimum absolute atomic E-state index is 0.0288. The van der Waals surface area contributed by atoms with Crippen molar-refractivity contribution in [3.63, 3.8) is 0 Å². The Hall–Kier alpha value is -1.78. The summed E-state index contributed by atoms with van der Waals surface area (Å²) in [5, 5.41) is 0.745. The highest BCUT2D eigenvalue weighted by molar-refractivity contribution is 6.31. The lowest BCUT2D eigenvalue weighted by molar-refractivity contribution is -0.121. The van der Waals surface area contributed by atoms with E-state index in [4.69, 9.17) is 27.9 Å².